The van der Waals surface area contributed by atoms with Crippen LogP contribution in [0.3, 0.4) is 0 Å². The van der Waals surface area contributed by atoms with Gasteiger partial charge in [-0.2, -0.15) is 5.10 Å². The van der Waals surface area contributed by atoms with Crippen LogP contribution in [0.2, 0.25) is 0 Å². The largest absolute Gasteiger partial charge is 0.497 e. The molecule has 0 aliphatic rings. The molecular weight excluding hydrogens is 240 g/mol. The van der Waals surface area contributed by atoms with Crippen molar-refractivity contribution in [3.05, 3.63) is 47.3 Å². The van der Waals surface area contributed by atoms with E-state index in [1.54, 1.807) is 13.3 Å². The zero-order valence-corrected chi connectivity index (χ0v) is 11.2. The van der Waals surface area contributed by atoms with Crippen molar-refractivity contribution in [1.29, 1.82) is 0 Å². The standard InChI is InChI=1S/C14H16N4O/c1-10-7-11(2)17-14(16-10)18-15-9-12-5-4-6-13(8-12)19-3/h4-9H,1-3H3,(H,16,17,18)/b15-9-. The highest BCUT2D eigenvalue weighted by Crippen LogP contribution is 2.11. The number of hydrogen-bond donors (Lipinski definition) is 1. The Morgan fingerprint density at radius 1 is 1.16 bits per heavy atom. The molecule has 1 N–H and O–H groups in total. The number of aryl methyl sites for hydroxylation is 2. The molecule has 0 fully saturated rings. The lowest BCUT2D eigenvalue weighted by atomic mass is 10.2. The maximum Gasteiger partial charge on any atom is 0.243 e. The fraction of sp³-hybridized carbons (Fsp3) is 0.214. The number of rotatable bonds is 4. The van der Waals surface area contributed by atoms with Crippen LogP contribution in [0, 0.1) is 13.8 Å². The summed E-state index contributed by atoms with van der Waals surface area (Å²) < 4.78 is 5.14. The van der Waals surface area contributed by atoms with Crippen molar-refractivity contribution in [2.45, 2.75) is 13.8 Å². The maximum atomic E-state index is 5.14. The molecular formula is C14H16N4O. The predicted molar refractivity (Wildman–Crippen MR) is 75.7 cm³/mol. The van der Waals surface area contributed by atoms with Crippen molar-refractivity contribution in [2.24, 2.45) is 5.10 Å². The second-order valence-corrected chi connectivity index (χ2v) is 4.12. The van der Waals surface area contributed by atoms with E-state index in [-0.39, 0.29) is 0 Å². The van der Waals surface area contributed by atoms with Crippen molar-refractivity contribution in [3.63, 3.8) is 0 Å². The summed E-state index contributed by atoms with van der Waals surface area (Å²) in [6.07, 6.45) is 1.70. The van der Waals surface area contributed by atoms with Crippen LogP contribution >= 0.6 is 0 Å². The zero-order valence-electron chi connectivity index (χ0n) is 11.2. The summed E-state index contributed by atoms with van der Waals surface area (Å²) in [5, 5.41) is 4.11. The molecule has 0 radical (unpaired) electrons. The molecule has 0 amide bonds. The Hall–Kier alpha value is -2.43. The molecule has 0 unspecified atom stereocenters. The van der Waals surface area contributed by atoms with Gasteiger partial charge < -0.3 is 4.74 Å². The van der Waals surface area contributed by atoms with Crippen molar-refractivity contribution in [3.8, 4) is 5.75 Å². The summed E-state index contributed by atoms with van der Waals surface area (Å²) >= 11 is 0. The van der Waals surface area contributed by atoms with Gasteiger partial charge in [0.2, 0.25) is 5.95 Å². The highest BCUT2D eigenvalue weighted by atomic mass is 16.5. The molecule has 19 heavy (non-hydrogen) atoms. The summed E-state index contributed by atoms with van der Waals surface area (Å²) in [5.41, 5.74) is 5.58. The van der Waals surface area contributed by atoms with Gasteiger partial charge in [-0.3, -0.25) is 0 Å². The van der Waals surface area contributed by atoms with Gasteiger partial charge in [0.15, 0.2) is 0 Å². The molecule has 1 aromatic heterocycles. The van der Waals surface area contributed by atoms with E-state index < -0.39 is 0 Å². The van der Waals surface area contributed by atoms with Crippen LogP contribution in [-0.2, 0) is 0 Å². The Balaban J connectivity index is 2.06. The third-order valence-corrected chi connectivity index (χ3v) is 2.45. The molecule has 0 saturated carbocycles. The van der Waals surface area contributed by atoms with Gasteiger partial charge in [0.05, 0.1) is 13.3 Å². The van der Waals surface area contributed by atoms with E-state index in [4.69, 9.17) is 4.74 Å². The van der Waals surface area contributed by atoms with E-state index in [2.05, 4.69) is 20.5 Å². The predicted octanol–water partition coefficient (Wildman–Crippen LogP) is 2.55. The van der Waals surface area contributed by atoms with Crippen molar-refractivity contribution in [2.75, 3.05) is 12.5 Å². The van der Waals surface area contributed by atoms with Crippen LogP contribution in [0.4, 0.5) is 5.95 Å². The third-order valence-electron chi connectivity index (χ3n) is 2.45. The van der Waals surface area contributed by atoms with Crippen LogP contribution in [0.25, 0.3) is 0 Å². The molecule has 0 spiro atoms. The fourth-order valence-electron chi connectivity index (χ4n) is 1.66. The minimum Gasteiger partial charge on any atom is -0.497 e. The topological polar surface area (TPSA) is 59.4 Å². The maximum absolute atomic E-state index is 5.14. The Morgan fingerprint density at radius 3 is 2.58 bits per heavy atom. The number of ether oxygens (including phenoxy) is 1. The first-order valence-electron chi connectivity index (χ1n) is 5.93. The first kappa shape index (κ1) is 13.0. The zero-order chi connectivity index (χ0) is 13.7. The van der Waals surface area contributed by atoms with E-state index in [0.717, 1.165) is 22.7 Å². The number of hydrogen-bond acceptors (Lipinski definition) is 5. The highest BCUT2D eigenvalue weighted by Gasteiger charge is 1.97. The quantitative estimate of drug-likeness (QED) is 0.674. The summed E-state index contributed by atoms with van der Waals surface area (Å²) in [6, 6.07) is 9.55. The number of nitrogens with one attached hydrogen (secondary N) is 1. The summed E-state index contributed by atoms with van der Waals surface area (Å²) in [6.45, 7) is 3.84. The monoisotopic (exact) mass is 256 g/mol. The summed E-state index contributed by atoms with van der Waals surface area (Å²) in [7, 11) is 1.64. The lowest BCUT2D eigenvalue weighted by molar-refractivity contribution is 0.415. The van der Waals surface area contributed by atoms with Gasteiger partial charge in [0.25, 0.3) is 0 Å². The van der Waals surface area contributed by atoms with E-state index in [1.165, 1.54) is 0 Å². The normalized spacial score (nSPS) is 10.7. The van der Waals surface area contributed by atoms with Gasteiger partial charge in [0, 0.05) is 11.4 Å². The number of benzene rings is 1. The van der Waals surface area contributed by atoms with Crippen molar-refractivity contribution < 1.29 is 4.74 Å². The van der Waals surface area contributed by atoms with Gasteiger partial charge in [-0.05, 0) is 37.6 Å². The van der Waals surface area contributed by atoms with E-state index in [1.807, 2.05) is 44.2 Å². The van der Waals surface area contributed by atoms with Crippen LogP contribution in [0.5, 0.6) is 5.75 Å². The Kier molecular flexibility index (Phi) is 4.07. The average molecular weight is 256 g/mol. The molecule has 0 aliphatic carbocycles. The molecule has 0 atom stereocenters. The number of aromatic nitrogens is 2. The molecule has 98 valence electrons. The Labute approximate surface area is 112 Å². The van der Waals surface area contributed by atoms with Crippen molar-refractivity contribution in [1.82, 2.24) is 9.97 Å². The highest BCUT2D eigenvalue weighted by molar-refractivity contribution is 5.80. The van der Waals surface area contributed by atoms with Crippen LogP contribution in [0.1, 0.15) is 17.0 Å². The molecule has 0 saturated heterocycles. The van der Waals surface area contributed by atoms with Crippen LogP contribution in [-0.4, -0.2) is 23.3 Å². The van der Waals surface area contributed by atoms with E-state index in [9.17, 15) is 0 Å². The molecule has 2 rings (SSSR count). The SMILES string of the molecule is COc1cccc(/C=N\Nc2nc(C)cc(C)n2)c1. The van der Waals surface area contributed by atoms with Gasteiger partial charge in [0.1, 0.15) is 5.75 Å². The fourth-order valence-corrected chi connectivity index (χ4v) is 1.66. The molecule has 5 nitrogen and oxygen atoms in total. The van der Waals surface area contributed by atoms with Gasteiger partial charge in [-0.25, -0.2) is 15.4 Å². The smallest absolute Gasteiger partial charge is 0.243 e. The average Bonchev–Trinajstić information content (AvgIpc) is 2.38. The minimum atomic E-state index is 0.497. The van der Waals surface area contributed by atoms with Gasteiger partial charge in [-0.15, -0.1) is 0 Å². The number of nitrogens with zero attached hydrogens (tertiary/aromatic N) is 3. The molecule has 0 bridgehead atoms. The summed E-state index contributed by atoms with van der Waals surface area (Å²) in [4.78, 5) is 8.48. The first-order valence-corrected chi connectivity index (χ1v) is 5.93. The third kappa shape index (κ3) is 3.77. The van der Waals surface area contributed by atoms with Gasteiger partial charge in [-0.1, -0.05) is 12.1 Å². The molecule has 1 aromatic carbocycles. The summed E-state index contributed by atoms with van der Waals surface area (Å²) in [5.74, 6) is 1.29. The van der Waals surface area contributed by atoms with Crippen molar-refractivity contribution >= 4 is 12.2 Å². The Bertz CT molecular complexity index is 575. The minimum absolute atomic E-state index is 0.497. The number of anilines is 1. The number of methoxy groups -OCH3 is 1. The molecule has 2 aromatic rings. The van der Waals surface area contributed by atoms with Gasteiger partial charge >= 0.3 is 0 Å². The second kappa shape index (κ2) is 5.95. The molecule has 0 aliphatic heterocycles. The molecule has 1 heterocycles. The molecule has 5 heteroatoms. The number of hydrazone groups is 1. The lowest BCUT2D eigenvalue weighted by Gasteiger charge is -2.02. The lowest BCUT2D eigenvalue weighted by Crippen LogP contribution is -1.99. The van der Waals surface area contributed by atoms with Crippen LogP contribution < -0.4 is 10.2 Å². The van der Waals surface area contributed by atoms with E-state index >= 15 is 0 Å². The van der Waals surface area contributed by atoms with Crippen LogP contribution in [0.15, 0.2) is 35.4 Å². The first-order chi connectivity index (χ1) is 9.17. The Morgan fingerprint density at radius 2 is 1.89 bits per heavy atom. The second-order valence-electron chi connectivity index (χ2n) is 4.12. The van der Waals surface area contributed by atoms with E-state index in [0.29, 0.717) is 5.95 Å².